The lowest BCUT2D eigenvalue weighted by Gasteiger charge is -2.07. The van der Waals surface area contributed by atoms with Crippen LogP contribution >= 0.6 is 23.1 Å². The van der Waals surface area contributed by atoms with Crippen molar-refractivity contribution in [3.63, 3.8) is 0 Å². The molecule has 0 aliphatic rings. The minimum Gasteiger partial charge on any atom is -0.261 e. The van der Waals surface area contributed by atoms with Crippen molar-refractivity contribution in [2.75, 3.05) is 0 Å². The summed E-state index contributed by atoms with van der Waals surface area (Å²) in [4.78, 5) is 4.34. The number of benzene rings is 1. The SMILES string of the molecule is FC(F)n1c(Sc2ccc3nnc(-c4ccsc4)n3n2)nc2ccccc21. The maximum atomic E-state index is 13.6. The zero-order valence-corrected chi connectivity index (χ0v) is 15.2. The summed E-state index contributed by atoms with van der Waals surface area (Å²) in [6, 6.07) is 12.2. The quantitative estimate of drug-likeness (QED) is 0.436. The van der Waals surface area contributed by atoms with Crippen LogP contribution in [0.5, 0.6) is 0 Å². The topological polar surface area (TPSA) is 60.9 Å². The summed E-state index contributed by atoms with van der Waals surface area (Å²) in [5.41, 5.74) is 2.40. The Morgan fingerprint density at radius 3 is 2.74 bits per heavy atom. The van der Waals surface area contributed by atoms with Gasteiger partial charge in [0.1, 0.15) is 5.03 Å². The molecule has 0 unspecified atom stereocenters. The fraction of sp³-hybridized carbons (Fsp3) is 0.0588. The maximum Gasteiger partial charge on any atom is 0.321 e. The fourth-order valence-electron chi connectivity index (χ4n) is 2.77. The molecule has 0 aliphatic carbocycles. The summed E-state index contributed by atoms with van der Waals surface area (Å²) in [7, 11) is 0. The zero-order valence-electron chi connectivity index (χ0n) is 13.5. The Balaban J connectivity index is 1.60. The highest BCUT2D eigenvalue weighted by Gasteiger charge is 2.19. The molecular weight excluding hydrogens is 390 g/mol. The first-order chi connectivity index (χ1) is 13.2. The summed E-state index contributed by atoms with van der Waals surface area (Å²) in [5.74, 6) is 0.607. The van der Waals surface area contributed by atoms with Crippen LogP contribution in [-0.4, -0.2) is 29.4 Å². The van der Waals surface area contributed by atoms with Crippen molar-refractivity contribution < 1.29 is 8.78 Å². The van der Waals surface area contributed by atoms with Gasteiger partial charge in [0.2, 0.25) is 0 Å². The second-order valence-corrected chi connectivity index (χ2v) is 7.38. The third-order valence-electron chi connectivity index (χ3n) is 3.97. The number of halogens is 2. The zero-order chi connectivity index (χ0) is 18.4. The number of imidazole rings is 1. The van der Waals surface area contributed by atoms with Crippen LogP contribution in [0.4, 0.5) is 8.78 Å². The molecule has 4 aromatic heterocycles. The molecule has 0 aliphatic heterocycles. The Morgan fingerprint density at radius 2 is 1.93 bits per heavy atom. The number of aromatic nitrogens is 6. The Hall–Kier alpha value is -2.85. The van der Waals surface area contributed by atoms with Crippen LogP contribution in [0.2, 0.25) is 0 Å². The van der Waals surface area contributed by atoms with Gasteiger partial charge in [-0.15, -0.1) is 10.2 Å². The van der Waals surface area contributed by atoms with E-state index < -0.39 is 6.55 Å². The molecule has 0 amide bonds. The number of alkyl halides is 2. The highest BCUT2D eigenvalue weighted by Crippen LogP contribution is 2.33. The van der Waals surface area contributed by atoms with Gasteiger partial charge in [-0.05, 0) is 47.5 Å². The van der Waals surface area contributed by atoms with Crippen molar-refractivity contribution in [2.45, 2.75) is 16.7 Å². The van der Waals surface area contributed by atoms with Crippen LogP contribution in [-0.2, 0) is 0 Å². The van der Waals surface area contributed by atoms with Gasteiger partial charge in [0.15, 0.2) is 16.6 Å². The molecule has 0 atom stereocenters. The van der Waals surface area contributed by atoms with Gasteiger partial charge in [0.05, 0.1) is 11.0 Å². The third kappa shape index (κ3) is 2.77. The van der Waals surface area contributed by atoms with Gasteiger partial charge in [0.25, 0.3) is 0 Å². The molecule has 27 heavy (non-hydrogen) atoms. The first-order valence-electron chi connectivity index (χ1n) is 7.89. The molecule has 0 N–H and O–H groups in total. The molecule has 4 heterocycles. The Labute approximate surface area is 159 Å². The summed E-state index contributed by atoms with van der Waals surface area (Å²) in [5, 5.41) is 17.4. The summed E-state index contributed by atoms with van der Waals surface area (Å²) < 4.78 is 29.7. The van der Waals surface area contributed by atoms with E-state index in [1.54, 1.807) is 52.3 Å². The highest BCUT2D eigenvalue weighted by molar-refractivity contribution is 7.99. The van der Waals surface area contributed by atoms with E-state index in [9.17, 15) is 8.78 Å². The van der Waals surface area contributed by atoms with E-state index in [1.165, 1.54) is 0 Å². The lowest BCUT2D eigenvalue weighted by atomic mass is 10.3. The van der Waals surface area contributed by atoms with Crippen LogP contribution in [0, 0.1) is 0 Å². The summed E-state index contributed by atoms with van der Waals surface area (Å²) in [6.45, 7) is -2.69. The Kier molecular flexibility index (Phi) is 3.87. The molecule has 0 saturated heterocycles. The molecule has 0 spiro atoms. The second-order valence-electron chi connectivity index (χ2n) is 5.61. The van der Waals surface area contributed by atoms with Gasteiger partial charge in [-0.2, -0.15) is 29.7 Å². The van der Waals surface area contributed by atoms with Crippen LogP contribution < -0.4 is 0 Å². The van der Waals surface area contributed by atoms with Gasteiger partial charge in [-0.25, -0.2) is 4.98 Å². The van der Waals surface area contributed by atoms with Gasteiger partial charge in [-0.3, -0.25) is 4.57 Å². The molecule has 0 fully saturated rings. The minimum atomic E-state index is -2.69. The van der Waals surface area contributed by atoms with E-state index in [0.717, 1.165) is 21.9 Å². The van der Waals surface area contributed by atoms with E-state index in [4.69, 9.17) is 0 Å². The first kappa shape index (κ1) is 16.3. The standard InChI is InChI=1S/C17H10F2N6S2/c18-16(19)24-12-4-2-1-3-11(12)20-17(24)27-14-6-5-13-21-22-15(25(13)23-14)10-7-8-26-9-10/h1-9,16H. The van der Waals surface area contributed by atoms with Gasteiger partial charge >= 0.3 is 6.55 Å². The van der Waals surface area contributed by atoms with Crippen LogP contribution in [0.1, 0.15) is 6.55 Å². The minimum absolute atomic E-state index is 0.184. The molecule has 1 aromatic carbocycles. The van der Waals surface area contributed by atoms with Crippen molar-refractivity contribution in [1.29, 1.82) is 0 Å². The molecule has 0 radical (unpaired) electrons. The number of fused-ring (bicyclic) bond motifs is 2. The predicted molar refractivity (Wildman–Crippen MR) is 99.2 cm³/mol. The third-order valence-corrected chi connectivity index (χ3v) is 5.55. The van der Waals surface area contributed by atoms with Crippen molar-refractivity contribution >= 4 is 39.8 Å². The van der Waals surface area contributed by atoms with E-state index in [0.29, 0.717) is 27.5 Å². The second kappa shape index (κ2) is 6.39. The van der Waals surface area contributed by atoms with E-state index in [-0.39, 0.29) is 5.16 Å². The number of rotatable bonds is 4. The molecule has 5 aromatic rings. The average Bonchev–Trinajstić information content (AvgIpc) is 3.38. The molecule has 10 heteroatoms. The van der Waals surface area contributed by atoms with Crippen molar-refractivity contribution in [2.24, 2.45) is 0 Å². The number of hydrogen-bond donors (Lipinski definition) is 0. The van der Waals surface area contributed by atoms with Crippen molar-refractivity contribution in [3.8, 4) is 11.4 Å². The molecule has 0 saturated carbocycles. The molecule has 5 rings (SSSR count). The molecular formula is C17H10F2N6S2. The summed E-state index contributed by atoms with van der Waals surface area (Å²) >= 11 is 2.63. The highest BCUT2D eigenvalue weighted by atomic mass is 32.2. The lowest BCUT2D eigenvalue weighted by Crippen LogP contribution is -2.01. The van der Waals surface area contributed by atoms with Crippen molar-refractivity contribution in [1.82, 2.24) is 29.4 Å². The van der Waals surface area contributed by atoms with Crippen LogP contribution in [0.3, 0.4) is 0 Å². The monoisotopic (exact) mass is 400 g/mol. The maximum absolute atomic E-state index is 13.6. The van der Waals surface area contributed by atoms with Crippen LogP contribution in [0.15, 0.2) is 63.4 Å². The molecule has 0 bridgehead atoms. The van der Waals surface area contributed by atoms with Gasteiger partial charge in [0, 0.05) is 10.9 Å². The normalized spacial score (nSPS) is 11.8. The van der Waals surface area contributed by atoms with Gasteiger partial charge in [-0.1, -0.05) is 12.1 Å². The molecule has 6 nitrogen and oxygen atoms in total. The first-order valence-corrected chi connectivity index (χ1v) is 9.64. The predicted octanol–water partition coefficient (Wildman–Crippen LogP) is 4.75. The van der Waals surface area contributed by atoms with E-state index >= 15 is 0 Å². The smallest absolute Gasteiger partial charge is 0.261 e. The van der Waals surface area contributed by atoms with E-state index in [2.05, 4.69) is 20.3 Å². The molecule has 134 valence electrons. The summed E-state index contributed by atoms with van der Waals surface area (Å²) in [6.07, 6.45) is 0. The van der Waals surface area contributed by atoms with Gasteiger partial charge < -0.3 is 0 Å². The van der Waals surface area contributed by atoms with Crippen molar-refractivity contribution in [3.05, 3.63) is 53.2 Å². The lowest BCUT2D eigenvalue weighted by molar-refractivity contribution is 0.0656. The Morgan fingerprint density at radius 1 is 1.04 bits per heavy atom. The van der Waals surface area contributed by atoms with Crippen LogP contribution in [0.25, 0.3) is 28.1 Å². The number of nitrogens with zero attached hydrogens (tertiary/aromatic N) is 6. The number of para-hydroxylation sites is 2. The van der Waals surface area contributed by atoms with E-state index in [1.807, 2.05) is 16.8 Å². The average molecular weight is 400 g/mol. The Bertz CT molecular complexity index is 1250. The largest absolute Gasteiger partial charge is 0.321 e. The number of hydrogen-bond acceptors (Lipinski definition) is 6. The fourth-order valence-corrected chi connectivity index (χ4v) is 4.28. The number of thiophene rings is 1.